The van der Waals surface area contributed by atoms with Gasteiger partial charge in [-0.25, -0.2) is 0 Å². The van der Waals surface area contributed by atoms with Crippen LogP contribution in [0.5, 0.6) is 5.88 Å². The molecule has 106 valence electrons. The largest absolute Gasteiger partial charge is 0.476 e. The second-order valence-electron chi connectivity index (χ2n) is 4.49. The molecule has 0 unspecified atom stereocenters. The minimum atomic E-state index is 0.513. The van der Waals surface area contributed by atoms with E-state index in [9.17, 15) is 0 Å². The lowest BCUT2D eigenvalue weighted by Crippen LogP contribution is -2.17. The van der Waals surface area contributed by atoms with Crippen molar-refractivity contribution in [3.05, 3.63) is 42.5 Å². The molecule has 2 aromatic rings. The van der Waals surface area contributed by atoms with Crippen LogP contribution in [0, 0.1) is 0 Å². The van der Waals surface area contributed by atoms with Gasteiger partial charge >= 0.3 is 0 Å². The molecular weight excluding hydrogens is 250 g/mol. The number of nitrogen functional groups attached to an aromatic ring is 1. The van der Waals surface area contributed by atoms with Crippen LogP contribution in [0.1, 0.15) is 20.3 Å². The van der Waals surface area contributed by atoms with Gasteiger partial charge in [0.25, 0.3) is 0 Å². The predicted molar refractivity (Wildman–Crippen MR) is 83.6 cm³/mol. The quantitative estimate of drug-likeness (QED) is 0.872. The van der Waals surface area contributed by atoms with Gasteiger partial charge in [-0.15, -0.1) is 0 Å². The monoisotopic (exact) mass is 271 g/mol. The van der Waals surface area contributed by atoms with Crippen molar-refractivity contribution in [2.45, 2.75) is 20.3 Å². The summed E-state index contributed by atoms with van der Waals surface area (Å²) in [6.45, 7) is 5.60. The van der Waals surface area contributed by atoms with Crippen molar-refractivity contribution >= 4 is 17.2 Å². The summed E-state index contributed by atoms with van der Waals surface area (Å²) in [5, 5.41) is 0. The number of anilines is 3. The Morgan fingerprint density at radius 1 is 1.10 bits per heavy atom. The third-order valence-corrected chi connectivity index (χ3v) is 2.98. The zero-order chi connectivity index (χ0) is 14.4. The van der Waals surface area contributed by atoms with E-state index in [2.05, 4.69) is 35.9 Å². The second kappa shape index (κ2) is 6.80. The second-order valence-corrected chi connectivity index (χ2v) is 4.49. The molecule has 0 radical (unpaired) electrons. The highest BCUT2D eigenvalue weighted by Crippen LogP contribution is 2.28. The Morgan fingerprint density at radius 3 is 2.50 bits per heavy atom. The van der Waals surface area contributed by atoms with Gasteiger partial charge in [0, 0.05) is 12.2 Å². The SMILES string of the molecule is CCCOc1nc(N(CC)c2ccccc2)ccc1N. The normalized spacial score (nSPS) is 10.3. The molecule has 20 heavy (non-hydrogen) atoms. The fraction of sp³-hybridized carbons (Fsp3) is 0.312. The Labute approximate surface area is 120 Å². The maximum atomic E-state index is 5.90. The smallest absolute Gasteiger partial charge is 0.239 e. The van der Waals surface area contributed by atoms with E-state index < -0.39 is 0 Å². The van der Waals surface area contributed by atoms with Crippen LogP contribution in [0.15, 0.2) is 42.5 Å². The van der Waals surface area contributed by atoms with E-state index in [1.165, 1.54) is 0 Å². The van der Waals surface area contributed by atoms with Crippen molar-refractivity contribution in [3.63, 3.8) is 0 Å². The van der Waals surface area contributed by atoms with E-state index in [4.69, 9.17) is 10.5 Å². The number of nitrogens with zero attached hydrogens (tertiary/aromatic N) is 2. The van der Waals surface area contributed by atoms with E-state index in [0.29, 0.717) is 18.2 Å². The summed E-state index contributed by atoms with van der Waals surface area (Å²) in [4.78, 5) is 6.66. The van der Waals surface area contributed by atoms with Crippen LogP contribution < -0.4 is 15.4 Å². The average Bonchev–Trinajstić information content (AvgIpc) is 2.49. The molecule has 0 amide bonds. The van der Waals surface area contributed by atoms with Crippen LogP contribution in [-0.4, -0.2) is 18.1 Å². The predicted octanol–water partition coefficient (Wildman–Crippen LogP) is 3.61. The van der Waals surface area contributed by atoms with Gasteiger partial charge in [-0.2, -0.15) is 4.98 Å². The summed E-state index contributed by atoms with van der Waals surface area (Å²) in [6, 6.07) is 13.9. The van der Waals surface area contributed by atoms with Crippen molar-refractivity contribution in [2.24, 2.45) is 0 Å². The molecule has 4 nitrogen and oxygen atoms in total. The third-order valence-electron chi connectivity index (χ3n) is 2.98. The van der Waals surface area contributed by atoms with Crippen molar-refractivity contribution in [1.82, 2.24) is 4.98 Å². The van der Waals surface area contributed by atoms with Gasteiger partial charge in [0.2, 0.25) is 5.88 Å². The fourth-order valence-electron chi connectivity index (χ4n) is 1.99. The van der Waals surface area contributed by atoms with Crippen molar-refractivity contribution in [1.29, 1.82) is 0 Å². The molecule has 2 N–H and O–H groups in total. The van der Waals surface area contributed by atoms with E-state index in [1.807, 2.05) is 30.3 Å². The van der Waals surface area contributed by atoms with Gasteiger partial charge in [-0.1, -0.05) is 25.1 Å². The summed E-state index contributed by atoms with van der Waals surface area (Å²) in [7, 11) is 0. The number of hydrogen-bond acceptors (Lipinski definition) is 4. The highest BCUT2D eigenvalue weighted by Gasteiger charge is 2.11. The minimum absolute atomic E-state index is 0.513. The number of nitrogens with two attached hydrogens (primary N) is 1. The molecule has 0 aliphatic carbocycles. The molecule has 0 atom stereocenters. The van der Waals surface area contributed by atoms with Crippen molar-refractivity contribution in [2.75, 3.05) is 23.8 Å². The molecular formula is C16H21N3O. The first kappa shape index (κ1) is 14.2. The summed E-state index contributed by atoms with van der Waals surface area (Å²) in [5.74, 6) is 1.36. The Morgan fingerprint density at radius 2 is 1.85 bits per heavy atom. The molecule has 2 rings (SSSR count). The summed E-state index contributed by atoms with van der Waals surface area (Å²) in [5.41, 5.74) is 7.59. The summed E-state index contributed by atoms with van der Waals surface area (Å²) < 4.78 is 5.59. The van der Waals surface area contributed by atoms with Crippen LogP contribution in [0.25, 0.3) is 0 Å². The van der Waals surface area contributed by atoms with Crippen LogP contribution in [-0.2, 0) is 0 Å². The lowest BCUT2D eigenvalue weighted by molar-refractivity contribution is 0.307. The number of benzene rings is 1. The highest BCUT2D eigenvalue weighted by molar-refractivity contribution is 5.63. The molecule has 0 bridgehead atoms. The number of aromatic nitrogens is 1. The van der Waals surface area contributed by atoms with Gasteiger partial charge in [0.1, 0.15) is 5.82 Å². The summed E-state index contributed by atoms with van der Waals surface area (Å²) in [6.07, 6.45) is 0.932. The Bertz CT molecular complexity index is 543. The third kappa shape index (κ3) is 3.20. The lowest BCUT2D eigenvalue weighted by atomic mass is 10.2. The number of para-hydroxylation sites is 1. The van der Waals surface area contributed by atoms with Gasteiger partial charge in [0.15, 0.2) is 0 Å². The maximum Gasteiger partial charge on any atom is 0.239 e. The molecule has 1 aromatic heterocycles. The van der Waals surface area contributed by atoms with E-state index >= 15 is 0 Å². The van der Waals surface area contributed by atoms with Gasteiger partial charge in [-0.05, 0) is 37.6 Å². The number of pyridine rings is 1. The zero-order valence-corrected chi connectivity index (χ0v) is 12.0. The Hall–Kier alpha value is -2.23. The first-order valence-electron chi connectivity index (χ1n) is 6.98. The molecule has 0 saturated heterocycles. The molecule has 0 fully saturated rings. The topological polar surface area (TPSA) is 51.4 Å². The number of hydrogen-bond donors (Lipinski definition) is 1. The van der Waals surface area contributed by atoms with Crippen molar-refractivity contribution in [3.8, 4) is 5.88 Å². The zero-order valence-electron chi connectivity index (χ0n) is 12.0. The van der Waals surface area contributed by atoms with E-state index in [-0.39, 0.29) is 0 Å². The van der Waals surface area contributed by atoms with E-state index in [1.54, 1.807) is 0 Å². The van der Waals surface area contributed by atoms with Crippen LogP contribution in [0.2, 0.25) is 0 Å². The first-order valence-corrected chi connectivity index (χ1v) is 6.98. The molecule has 0 saturated carbocycles. The number of rotatable bonds is 6. The minimum Gasteiger partial charge on any atom is -0.476 e. The molecule has 1 heterocycles. The molecule has 0 aliphatic rings. The Kier molecular flexibility index (Phi) is 4.82. The first-order chi connectivity index (χ1) is 9.76. The Balaban J connectivity index is 2.30. The summed E-state index contributed by atoms with van der Waals surface area (Å²) >= 11 is 0. The van der Waals surface area contributed by atoms with E-state index in [0.717, 1.165) is 24.5 Å². The molecule has 0 aliphatic heterocycles. The standard InChI is InChI=1S/C16H21N3O/c1-3-12-20-16-14(17)10-11-15(18-16)19(4-2)13-8-6-5-7-9-13/h5-11H,3-4,12,17H2,1-2H3. The van der Waals surface area contributed by atoms with Gasteiger partial charge < -0.3 is 15.4 Å². The lowest BCUT2D eigenvalue weighted by Gasteiger charge is -2.22. The molecule has 1 aromatic carbocycles. The van der Waals surface area contributed by atoms with Crippen LogP contribution >= 0.6 is 0 Å². The van der Waals surface area contributed by atoms with Gasteiger partial charge in [-0.3, -0.25) is 0 Å². The van der Waals surface area contributed by atoms with Crippen molar-refractivity contribution < 1.29 is 4.74 Å². The maximum absolute atomic E-state index is 5.90. The van der Waals surface area contributed by atoms with Crippen LogP contribution in [0.3, 0.4) is 0 Å². The molecule has 0 spiro atoms. The fourth-order valence-corrected chi connectivity index (χ4v) is 1.99. The van der Waals surface area contributed by atoms with Crippen LogP contribution in [0.4, 0.5) is 17.2 Å². The average molecular weight is 271 g/mol. The molecule has 4 heteroatoms. The highest BCUT2D eigenvalue weighted by atomic mass is 16.5. The number of ether oxygens (including phenoxy) is 1. The van der Waals surface area contributed by atoms with Gasteiger partial charge in [0.05, 0.1) is 12.3 Å².